The van der Waals surface area contributed by atoms with Crippen LogP contribution < -0.4 is 4.74 Å². The van der Waals surface area contributed by atoms with Gasteiger partial charge in [-0.3, -0.25) is 14.9 Å². The Morgan fingerprint density at radius 2 is 2.05 bits per heavy atom. The van der Waals surface area contributed by atoms with E-state index in [1.165, 1.54) is 31.2 Å². The van der Waals surface area contributed by atoms with E-state index in [1.807, 2.05) is 0 Å². The average Bonchev–Trinajstić information content (AvgIpc) is 2.37. The highest BCUT2D eigenvalue weighted by Crippen LogP contribution is 2.17. The van der Waals surface area contributed by atoms with E-state index in [1.54, 1.807) is 0 Å². The van der Waals surface area contributed by atoms with E-state index in [0.717, 1.165) is 0 Å². The number of aliphatic hydroxyl groups is 1. The van der Waals surface area contributed by atoms with E-state index in [9.17, 15) is 14.9 Å². The van der Waals surface area contributed by atoms with Gasteiger partial charge in [-0.1, -0.05) is 0 Å². The molecule has 0 bridgehead atoms. The maximum absolute atomic E-state index is 10.7. The average molecular weight is 269 g/mol. The molecule has 0 amide bonds. The number of ether oxygens (including phenoxy) is 2. The number of nitrogens with zero attached hydrogens (tertiary/aromatic N) is 1. The molecule has 1 unspecified atom stereocenters. The SMILES string of the molecule is CC(=O)OC(CO)CCOc1ccc([N+](=O)[O-])cc1. The normalized spacial score (nSPS) is 11.7. The molecule has 7 heteroatoms. The van der Waals surface area contributed by atoms with E-state index in [-0.39, 0.29) is 18.9 Å². The molecule has 1 rings (SSSR count). The van der Waals surface area contributed by atoms with E-state index >= 15 is 0 Å². The van der Waals surface area contributed by atoms with Gasteiger partial charge in [0, 0.05) is 25.5 Å². The molecule has 19 heavy (non-hydrogen) atoms. The molecule has 1 aromatic rings. The zero-order chi connectivity index (χ0) is 14.3. The van der Waals surface area contributed by atoms with Gasteiger partial charge in [-0.25, -0.2) is 0 Å². The highest BCUT2D eigenvalue weighted by molar-refractivity contribution is 5.66. The van der Waals surface area contributed by atoms with Crippen LogP contribution in [0.1, 0.15) is 13.3 Å². The second kappa shape index (κ2) is 7.32. The number of esters is 1. The highest BCUT2D eigenvalue weighted by Gasteiger charge is 2.11. The third-order valence-corrected chi connectivity index (χ3v) is 2.29. The van der Waals surface area contributed by atoms with Crippen LogP contribution in [0.25, 0.3) is 0 Å². The lowest BCUT2D eigenvalue weighted by Gasteiger charge is -2.14. The molecule has 0 radical (unpaired) electrons. The standard InChI is InChI=1S/C12H15NO6/c1-9(15)19-12(8-14)6-7-18-11-4-2-10(3-5-11)13(16)17/h2-5,12,14H,6-8H2,1H3. The predicted molar refractivity (Wildman–Crippen MR) is 65.8 cm³/mol. The number of non-ortho nitro benzene ring substituents is 1. The van der Waals surface area contributed by atoms with Gasteiger partial charge in [0.15, 0.2) is 0 Å². The second-order valence-electron chi connectivity index (χ2n) is 3.80. The number of hydrogen-bond acceptors (Lipinski definition) is 6. The van der Waals surface area contributed by atoms with Gasteiger partial charge in [0.05, 0.1) is 18.1 Å². The number of rotatable bonds is 7. The Hall–Kier alpha value is -2.15. The first kappa shape index (κ1) is 14.9. The molecule has 0 saturated carbocycles. The molecule has 0 saturated heterocycles. The molecule has 1 atom stereocenters. The number of nitro groups is 1. The summed E-state index contributed by atoms with van der Waals surface area (Å²) in [4.78, 5) is 20.7. The molecule has 1 N–H and O–H groups in total. The summed E-state index contributed by atoms with van der Waals surface area (Å²) in [6, 6.07) is 5.64. The largest absolute Gasteiger partial charge is 0.493 e. The smallest absolute Gasteiger partial charge is 0.302 e. The monoisotopic (exact) mass is 269 g/mol. The summed E-state index contributed by atoms with van der Waals surface area (Å²) in [5.74, 6) is 0.0134. The zero-order valence-corrected chi connectivity index (χ0v) is 10.4. The summed E-state index contributed by atoms with van der Waals surface area (Å²) in [6.07, 6.45) is -0.261. The topological polar surface area (TPSA) is 98.9 Å². The van der Waals surface area contributed by atoms with Crippen LogP contribution in [0.5, 0.6) is 5.75 Å². The molecule has 0 aromatic heterocycles. The second-order valence-corrected chi connectivity index (χ2v) is 3.80. The van der Waals surface area contributed by atoms with Gasteiger partial charge in [0.2, 0.25) is 0 Å². The van der Waals surface area contributed by atoms with Crippen LogP contribution in [0.3, 0.4) is 0 Å². The third-order valence-electron chi connectivity index (χ3n) is 2.29. The molecule has 1 aromatic carbocycles. The van der Waals surface area contributed by atoms with Crippen molar-refractivity contribution in [2.24, 2.45) is 0 Å². The van der Waals surface area contributed by atoms with Crippen LogP contribution in [0.2, 0.25) is 0 Å². The Morgan fingerprint density at radius 1 is 1.42 bits per heavy atom. The van der Waals surface area contributed by atoms with Crippen molar-refractivity contribution in [1.82, 2.24) is 0 Å². The minimum absolute atomic E-state index is 0.0134. The van der Waals surface area contributed by atoms with Crippen LogP contribution in [0.15, 0.2) is 24.3 Å². The van der Waals surface area contributed by atoms with Crippen LogP contribution in [-0.4, -0.2) is 35.3 Å². The van der Waals surface area contributed by atoms with Crippen molar-refractivity contribution in [3.05, 3.63) is 34.4 Å². The fourth-order valence-corrected chi connectivity index (χ4v) is 1.39. The van der Waals surface area contributed by atoms with Crippen molar-refractivity contribution in [3.8, 4) is 5.75 Å². The van der Waals surface area contributed by atoms with E-state index < -0.39 is 17.0 Å². The molecule has 104 valence electrons. The van der Waals surface area contributed by atoms with Gasteiger partial charge in [0.25, 0.3) is 5.69 Å². The van der Waals surface area contributed by atoms with Crippen LogP contribution >= 0.6 is 0 Å². The summed E-state index contributed by atoms with van der Waals surface area (Å²) >= 11 is 0. The van der Waals surface area contributed by atoms with Crippen LogP contribution in [0, 0.1) is 10.1 Å². The summed E-state index contributed by atoms with van der Waals surface area (Å²) in [7, 11) is 0. The maximum atomic E-state index is 10.7. The molecule has 7 nitrogen and oxygen atoms in total. The lowest BCUT2D eigenvalue weighted by atomic mass is 10.2. The van der Waals surface area contributed by atoms with Gasteiger partial charge in [0.1, 0.15) is 11.9 Å². The Kier molecular flexibility index (Phi) is 5.74. The molecule has 0 fully saturated rings. The molecule has 0 heterocycles. The van der Waals surface area contributed by atoms with Gasteiger partial charge >= 0.3 is 5.97 Å². The van der Waals surface area contributed by atoms with Gasteiger partial charge in [-0.2, -0.15) is 0 Å². The minimum Gasteiger partial charge on any atom is -0.493 e. The predicted octanol–water partition coefficient (Wildman–Crippen LogP) is 1.29. The van der Waals surface area contributed by atoms with Gasteiger partial charge in [-0.05, 0) is 12.1 Å². The summed E-state index contributed by atoms with van der Waals surface area (Å²) < 4.78 is 10.2. The number of aliphatic hydroxyl groups excluding tert-OH is 1. The molecular formula is C12H15NO6. The summed E-state index contributed by atoms with van der Waals surface area (Å²) in [5, 5.41) is 19.4. The number of nitro benzene ring substituents is 1. The first-order chi connectivity index (χ1) is 9.02. The van der Waals surface area contributed by atoms with E-state index in [2.05, 4.69) is 0 Å². The van der Waals surface area contributed by atoms with Crippen molar-refractivity contribution in [2.45, 2.75) is 19.4 Å². The lowest BCUT2D eigenvalue weighted by molar-refractivity contribution is -0.384. The molecular weight excluding hydrogens is 254 g/mol. The Bertz CT molecular complexity index is 430. The van der Waals surface area contributed by atoms with E-state index in [4.69, 9.17) is 14.6 Å². The number of benzene rings is 1. The fraction of sp³-hybridized carbons (Fsp3) is 0.417. The minimum atomic E-state index is -0.601. The fourth-order valence-electron chi connectivity index (χ4n) is 1.39. The van der Waals surface area contributed by atoms with Crippen LogP contribution in [-0.2, 0) is 9.53 Å². The van der Waals surface area contributed by atoms with Gasteiger partial charge in [-0.15, -0.1) is 0 Å². The zero-order valence-electron chi connectivity index (χ0n) is 10.4. The van der Waals surface area contributed by atoms with Crippen molar-refractivity contribution < 1.29 is 24.3 Å². The number of carbonyl (C=O) groups is 1. The Morgan fingerprint density at radius 3 is 2.53 bits per heavy atom. The van der Waals surface area contributed by atoms with Crippen molar-refractivity contribution in [1.29, 1.82) is 0 Å². The van der Waals surface area contributed by atoms with Crippen molar-refractivity contribution >= 4 is 11.7 Å². The molecule has 0 aliphatic rings. The first-order valence-electron chi connectivity index (χ1n) is 5.68. The van der Waals surface area contributed by atoms with Gasteiger partial charge < -0.3 is 14.6 Å². The molecule has 0 spiro atoms. The Labute approximate surface area is 109 Å². The molecule has 0 aliphatic heterocycles. The summed E-state index contributed by atoms with van der Waals surface area (Å²) in [5.41, 5.74) is -0.0134. The number of hydrogen-bond donors (Lipinski definition) is 1. The summed E-state index contributed by atoms with van der Waals surface area (Å²) in [6.45, 7) is 1.22. The number of carbonyl (C=O) groups excluding carboxylic acids is 1. The first-order valence-corrected chi connectivity index (χ1v) is 5.68. The van der Waals surface area contributed by atoms with Crippen molar-refractivity contribution in [2.75, 3.05) is 13.2 Å². The quantitative estimate of drug-likeness (QED) is 0.455. The van der Waals surface area contributed by atoms with Crippen molar-refractivity contribution in [3.63, 3.8) is 0 Å². The maximum Gasteiger partial charge on any atom is 0.302 e. The molecule has 0 aliphatic carbocycles. The lowest BCUT2D eigenvalue weighted by Crippen LogP contribution is -2.22. The third kappa shape index (κ3) is 5.35. The van der Waals surface area contributed by atoms with E-state index in [0.29, 0.717) is 12.2 Å². The Balaban J connectivity index is 2.39. The van der Waals surface area contributed by atoms with Crippen LogP contribution in [0.4, 0.5) is 5.69 Å². The highest BCUT2D eigenvalue weighted by atomic mass is 16.6.